The van der Waals surface area contributed by atoms with Crippen molar-refractivity contribution < 1.29 is 0 Å². The number of fused-ring (bicyclic) bond motifs is 2. The molecule has 0 atom stereocenters. The Kier molecular flexibility index (Phi) is 1.74. The van der Waals surface area contributed by atoms with Crippen molar-refractivity contribution in [2.75, 3.05) is 0 Å². The predicted octanol–water partition coefficient (Wildman–Crippen LogP) is 1.90. The summed E-state index contributed by atoms with van der Waals surface area (Å²) in [5.41, 5.74) is 3.33. The molecule has 0 radical (unpaired) electrons. The maximum Gasteiger partial charge on any atom is 0.197 e. The summed E-state index contributed by atoms with van der Waals surface area (Å²) in [5.74, 6) is 1.20. The number of benzene rings is 1. The van der Waals surface area contributed by atoms with Crippen molar-refractivity contribution in [3.63, 3.8) is 0 Å². The number of nitrogens with zero attached hydrogens (tertiary/aromatic N) is 4. The molecule has 6 nitrogen and oxygen atoms in total. The lowest BCUT2D eigenvalue weighted by atomic mass is 10.3. The summed E-state index contributed by atoms with van der Waals surface area (Å²) >= 11 is 0. The van der Waals surface area contributed by atoms with Crippen molar-refractivity contribution >= 4 is 22.2 Å². The number of H-pyrrole nitrogens is 2. The first-order valence-electron chi connectivity index (χ1n) is 5.51. The minimum Gasteiger partial charge on any atom is -0.342 e. The van der Waals surface area contributed by atoms with Gasteiger partial charge in [0, 0.05) is 0 Å². The number of rotatable bonds is 1. The van der Waals surface area contributed by atoms with Gasteiger partial charge < -0.3 is 9.97 Å². The summed E-state index contributed by atoms with van der Waals surface area (Å²) in [6, 6.07) is 7.83. The molecule has 0 spiro atoms. The van der Waals surface area contributed by atoms with Crippen LogP contribution in [0.2, 0.25) is 0 Å². The fraction of sp³-hybridized carbons (Fsp3) is 0. The lowest BCUT2D eigenvalue weighted by Gasteiger charge is -1.93. The van der Waals surface area contributed by atoms with E-state index in [-0.39, 0.29) is 0 Å². The van der Waals surface area contributed by atoms with Crippen LogP contribution in [-0.2, 0) is 0 Å². The lowest BCUT2D eigenvalue weighted by Crippen LogP contribution is -1.90. The van der Waals surface area contributed by atoms with Gasteiger partial charge in [-0.05, 0) is 12.1 Å². The van der Waals surface area contributed by atoms with Crippen LogP contribution in [0.3, 0.4) is 0 Å². The van der Waals surface area contributed by atoms with Crippen LogP contribution in [0.1, 0.15) is 0 Å². The van der Waals surface area contributed by atoms with Gasteiger partial charge in [0.2, 0.25) is 0 Å². The number of hydrogen-bond donors (Lipinski definition) is 2. The van der Waals surface area contributed by atoms with Crippen LogP contribution in [0, 0.1) is 0 Å². The van der Waals surface area contributed by atoms with Gasteiger partial charge in [0.25, 0.3) is 0 Å². The van der Waals surface area contributed by atoms with Crippen LogP contribution in [0.4, 0.5) is 0 Å². The third-order valence-corrected chi connectivity index (χ3v) is 2.78. The van der Waals surface area contributed by atoms with Crippen molar-refractivity contribution in [2.45, 2.75) is 0 Å². The summed E-state index contributed by atoms with van der Waals surface area (Å²) < 4.78 is 0. The molecule has 0 saturated heterocycles. The van der Waals surface area contributed by atoms with Gasteiger partial charge >= 0.3 is 0 Å². The molecule has 1 aromatic carbocycles. The quantitative estimate of drug-likeness (QED) is 0.528. The SMILES string of the molecule is c1ccc2[nH]c(-c3ncc4[nH]cnc4n3)nc2c1. The number of nitrogens with one attached hydrogen (secondary N) is 2. The Hall–Kier alpha value is -2.76. The van der Waals surface area contributed by atoms with Gasteiger partial charge in [-0.25, -0.2) is 19.9 Å². The molecule has 0 aliphatic carbocycles. The van der Waals surface area contributed by atoms with Crippen molar-refractivity contribution in [3.8, 4) is 11.6 Å². The molecule has 4 aromatic rings. The third kappa shape index (κ3) is 1.29. The average molecular weight is 236 g/mol. The molecule has 18 heavy (non-hydrogen) atoms. The second-order valence-electron chi connectivity index (χ2n) is 3.94. The van der Waals surface area contributed by atoms with Gasteiger partial charge in [0.05, 0.1) is 23.6 Å². The monoisotopic (exact) mass is 236 g/mol. The molecule has 0 aliphatic heterocycles. The molecule has 0 amide bonds. The highest BCUT2D eigenvalue weighted by Gasteiger charge is 2.09. The number of imidazole rings is 2. The topological polar surface area (TPSA) is 83.1 Å². The molecule has 0 aliphatic rings. The Morgan fingerprint density at radius 1 is 0.944 bits per heavy atom. The fourth-order valence-corrected chi connectivity index (χ4v) is 1.91. The zero-order valence-electron chi connectivity index (χ0n) is 9.25. The normalized spacial score (nSPS) is 11.3. The summed E-state index contributed by atoms with van der Waals surface area (Å²) in [6.45, 7) is 0. The average Bonchev–Trinajstić information content (AvgIpc) is 3.04. The minimum absolute atomic E-state index is 0.547. The molecular formula is C12H8N6. The highest BCUT2D eigenvalue weighted by Crippen LogP contribution is 2.18. The Bertz CT molecular complexity index is 811. The van der Waals surface area contributed by atoms with Gasteiger partial charge in [-0.2, -0.15) is 0 Å². The van der Waals surface area contributed by atoms with E-state index in [1.165, 1.54) is 0 Å². The van der Waals surface area contributed by atoms with E-state index >= 15 is 0 Å². The molecule has 3 aromatic heterocycles. The van der Waals surface area contributed by atoms with E-state index in [9.17, 15) is 0 Å². The van der Waals surface area contributed by atoms with E-state index < -0.39 is 0 Å². The van der Waals surface area contributed by atoms with Crippen molar-refractivity contribution in [2.24, 2.45) is 0 Å². The molecule has 4 rings (SSSR count). The molecule has 0 bridgehead atoms. The number of aromatic nitrogens is 6. The van der Waals surface area contributed by atoms with Crippen LogP contribution in [-0.4, -0.2) is 29.9 Å². The number of aromatic amines is 2. The maximum absolute atomic E-state index is 4.46. The van der Waals surface area contributed by atoms with Gasteiger partial charge in [-0.1, -0.05) is 12.1 Å². The first kappa shape index (κ1) is 9.29. The molecule has 0 saturated carbocycles. The molecule has 86 valence electrons. The Morgan fingerprint density at radius 3 is 2.83 bits per heavy atom. The maximum atomic E-state index is 4.46. The molecule has 3 heterocycles. The second kappa shape index (κ2) is 3.36. The van der Waals surface area contributed by atoms with E-state index in [0.29, 0.717) is 17.3 Å². The van der Waals surface area contributed by atoms with E-state index in [1.807, 2.05) is 24.3 Å². The van der Waals surface area contributed by atoms with E-state index in [1.54, 1.807) is 12.5 Å². The molecule has 0 unspecified atom stereocenters. The van der Waals surface area contributed by atoms with Crippen LogP contribution < -0.4 is 0 Å². The predicted molar refractivity (Wildman–Crippen MR) is 66.8 cm³/mol. The van der Waals surface area contributed by atoms with Gasteiger partial charge in [-0.3, -0.25) is 0 Å². The lowest BCUT2D eigenvalue weighted by molar-refractivity contribution is 1.15. The second-order valence-corrected chi connectivity index (χ2v) is 3.94. The number of para-hydroxylation sites is 2. The van der Waals surface area contributed by atoms with E-state index in [2.05, 4.69) is 29.9 Å². The summed E-state index contributed by atoms with van der Waals surface area (Å²) in [4.78, 5) is 23.3. The Balaban J connectivity index is 1.94. The number of hydrogen-bond acceptors (Lipinski definition) is 4. The molecule has 0 fully saturated rings. The summed E-state index contributed by atoms with van der Waals surface area (Å²) in [7, 11) is 0. The third-order valence-electron chi connectivity index (χ3n) is 2.78. The zero-order chi connectivity index (χ0) is 11.9. The fourth-order valence-electron chi connectivity index (χ4n) is 1.91. The van der Waals surface area contributed by atoms with Crippen molar-refractivity contribution in [3.05, 3.63) is 36.8 Å². The van der Waals surface area contributed by atoms with Crippen LogP contribution in [0.25, 0.3) is 33.8 Å². The molecule has 6 heteroatoms. The van der Waals surface area contributed by atoms with E-state index in [0.717, 1.165) is 16.6 Å². The van der Waals surface area contributed by atoms with Crippen molar-refractivity contribution in [1.29, 1.82) is 0 Å². The highest BCUT2D eigenvalue weighted by atomic mass is 15.1. The Labute approximate surface area is 101 Å². The van der Waals surface area contributed by atoms with Gasteiger partial charge in [0.1, 0.15) is 5.52 Å². The van der Waals surface area contributed by atoms with Gasteiger partial charge in [-0.15, -0.1) is 0 Å². The largest absolute Gasteiger partial charge is 0.342 e. The molecular weight excluding hydrogens is 228 g/mol. The van der Waals surface area contributed by atoms with Gasteiger partial charge in [0.15, 0.2) is 17.3 Å². The Morgan fingerprint density at radius 2 is 1.89 bits per heavy atom. The van der Waals surface area contributed by atoms with Crippen LogP contribution in [0.15, 0.2) is 36.8 Å². The first-order chi connectivity index (χ1) is 8.90. The summed E-state index contributed by atoms with van der Waals surface area (Å²) in [6.07, 6.45) is 3.31. The minimum atomic E-state index is 0.547. The van der Waals surface area contributed by atoms with Crippen LogP contribution >= 0.6 is 0 Å². The van der Waals surface area contributed by atoms with Crippen LogP contribution in [0.5, 0.6) is 0 Å². The smallest absolute Gasteiger partial charge is 0.197 e. The highest BCUT2D eigenvalue weighted by molar-refractivity contribution is 5.79. The van der Waals surface area contributed by atoms with Crippen molar-refractivity contribution in [1.82, 2.24) is 29.9 Å². The zero-order valence-corrected chi connectivity index (χ0v) is 9.25. The van der Waals surface area contributed by atoms with E-state index in [4.69, 9.17) is 0 Å². The standard InChI is InChI=1S/C12H8N6/c1-2-4-8-7(3-1)16-12(17-8)11-13-5-9-10(18-11)15-6-14-9/h1-6H,(H,16,17)(H,13,14,15,18). The molecule has 2 N–H and O–H groups in total. The first-order valence-corrected chi connectivity index (χ1v) is 5.51. The summed E-state index contributed by atoms with van der Waals surface area (Å²) in [5, 5.41) is 0.